The second kappa shape index (κ2) is 7.48. The highest BCUT2D eigenvalue weighted by molar-refractivity contribution is 7.12. The van der Waals surface area contributed by atoms with Gasteiger partial charge < -0.3 is 9.84 Å². The Morgan fingerprint density at radius 2 is 1.93 bits per heavy atom. The molecule has 0 fully saturated rings. The molecule has 0 saturated carbocycles. The van der Waals surface area contributed by atoms with E-state index in [2.05, 4.69) is 0 Å². The molecule has 3 aromatic rings. The highest BCUT2D eigenvalue weighted by atomic mass is 32.1. The predicted octanol–water partition coefficient (Wildman–Crippen LogP) is 3.89. The number of anilines is 1. The van der Waals surface area contributed by atoms with Gasteiger partial charge in [-0.05, 0) is 28.6 Å². The standard InChI is InChI=1S/C21H14FNO5S/c22-15-7-6-14(28-10-12-4-2-1-3-5-12)9-16(15)23-17(24)8-13-11-29-19(21(26)27)18(13)20(23)25/h1-7,9,11H,8,10H2,(H,26,27). The molecule has 6 nitrogen and oxygen atoms in total. The minimum atomic E-state index is -1.26. The molecular formula is C21H14FNO5S. The van der Waals surface area contributed by atoms with Gasteiger partial charge in [-0.15, -0.1) is 11.3 Å². The lowest BCUT2D eigenvalue weighted by Gasteiger charge is -2.26. The molecule has 0 radical (unpaired) electrons. The van der Waals surface area contributed by atoms with Gasteiger partial charge in [0.2, 0.25) is 5.91 Å². The van der Waals surface area contributed by atoms with E-state index in [0.717, 1.165) is 23.0 Å². The number of hydrogen-bond donors (Lipinski definition) is 1. The number of carboxylic acids is 1. The minimum Gasteiger partial charge on any atom is -0.489 e. The van der Waals surface area contributed by atoms with E-state index in [1.165, 1.54) is 17.5 Å². The maximum Gasteiger partial charge on any atom is 0.346 e. The van der Waals surface area contributed by atoms with Gasteiger partial charge in [-0.25, -0.2) is 14.1 Å². The molecule has 29 heavy (non-hydrogen) atoms. The molecule has 0 atom stereocenters. The lowest BCUT2D eigenvalue weighted by molar-refractivity contribution is -0.117. The van der Waals surface area contributed by atoms with E-state index >= 15 is 0 Å². The Hall–Kier alpha value is -3.52. The van der Waals surface area contributed by atoms with Gasteiger partial charge >= 0.3 is 5.97 Å². The smallest absolute Gasteiger partial charge is 0.346 e. The summed E-state index contributed by atoms with van der Waals surface area (Å²) < 4.78 is 20.2. The summed E-state index contributed by atoms with van der Waals surface area (Å²) in [5.41, 5.74) is 0.906. The summed E-state index contributed by atoms with van der Waals surface area (Å²) in [4.78, 5) is 37.4. The third-order valence-electron chi connectivity index (χ3n) is 4.48. The van der Waals surface area contributed by atoms with Gasteiger partial charge in [-0.3, -0.25) is 9.59 Å². The quantitative estimate of drug-likeness (QED) is 0.644. The van der Waals surface area contributed by atoms with Crippen molar-refractivity contribution in [3.63, 3.8) is 0 Å². The fraction of sp³-hybridized carbons (Fsp3) is 0.0952. The van der Waals surface area contributed by atoms with E-state index in [1.54, 1.807) is 0 Å². The average molecular weight is 411 g/mol. The van der Waals surface area contributed by atoms with Crippen LogP contribution in [-0.2, 0) is 17.8 Å². The molecule has 0 bridgehead atoms. The van der Waals surface area contributed by atoms with Crippen molar-refractivity contribution in [2.24, 2.45) is 0 Å². The van der Waals surface area contributed by atoms with Crippen LogP contribution in [0.25, 0.3) is 0 Å². The number of benzene rings is 2. The van der Waals surface area contributed by atoms with Crippen LogP contribution in [0.2, 0.25) is 0 Å². The molecule has 1 N–H and O–H groups in total. The minimum absolute atomic E-state index is 0.0721. The number of carbonyl (C=O) groups excluding carboxylic acids is 2. The van der Waals surface area contributed by atoms with Crippen LogP contribution >= 0.6 is 11.3 Å². The van der Waals surface area contributed by atoms with Crippen LogP contribution in [0.1, 0.15) is 31.2 Å². The highest BCUT2D eigenvalue weighted by Gasteiger charge is 2.38. The molecule has 146 valence electrons. The van der Waals surface area contributed by atoms with Crippen LogP contribution in [-0.4, -0.2) is 22.9 Å². The molecule has 4 rings (SSSR count). The maximum absolute atomic E-state index is 14.5. The van der Waals surface area contributed by atoms with Crippen molar-refractivity contribution in [2.45, 2.75) is 13.0 Å². The van der Waals surface area contributed by atoms with Gasteiger partial charge in [0, 0.05) is 6.07 Å². The molecule has 2 aromatic carbocycles. The van der Waals surface area contributed by atoms with E-state index in [1.807, 2.05) is 30.3 Å². The molecular weight excluding hydrogens is 397 g/mol. The largest absolute Gasteiger partial charge is 0.489 e. The fourth-order valence-corrected chi connectivity index (χ4v) is 4.02. The van der Waals surface area contributed by atoms with Crippen LogP contribution in [0.15, 0.2) is 53.9 Å². The zero-order valence-corrected chi connectivity index (χ0v) is 15.7. The first-order valence-electron chi connectivity index (χ1n) is 8.63. The topological polar surface area (TPSA) is 83.9 Å². The van der Waals surface area contributed by atoms with Gasteiger partial charge in [-0.1, -0.05) is 30.3 Å². The molecule has 2 amide bonds. The predicted molar refractivity (Wildman–Crippen MR) is 104 cm³/mol. The number of thiophene rings is 1. The van der Waals surface area contributed by atoms with Crippen molar-refractivity contribution in [1.82, 2.24) is 0 Å². The first kappa shape index (κ1) is 18.8. The number of hydrogen-bond acceptors (Lipinski definition) is 5. The molecule has 1 aliphatic heterocycles. The summed E-state index contributed by atoms with van der Waals surface area (Å²) >= 11 is 0.872. The number of amides is 2. The van der Waals surface area contributed by atoms with Crippen molar-refractivity contribution in [3.05, 3.63) is 81.3 Å². The van der Waals surface area contributed by atoms with Crippen molar-refractivity contribution in [3.8, 4) is 5.75 Å². The molecule has 0 spiro atoms. The Bertz CT molecular complexity index is 1130. The monoisotopic (exact) mass is 411 g/mol. The Balaban J connectivity index is 1.66. The summed E-state index contributed by atoms with van der Waals surface area (Å²) in [7, 11) is 0. The van der Waals surface area contributed by atoms with Crippen molar-refractivity contribution >= 4 is 34.8 Å². The fourth-order valence-electron chi connectivity index (χ4n) is 3.12. The van der Waals surface area contributed by atoms with Crippen LogP contribution in [0.3, 0.4) is 0 Å². The number of rotatable bonds is 5. The molecule has 1 aliphatic rings. The lowest BCUT2D eigenvalue weighted by Crippen LogP contribution is -2.43. The number of nitrogens with zero attached hydrogens (tertiary/aromatic N) is 1. The third-order valence-corrected chi connectivity index (χ3v) is 5.49. The van der Waals surface area contributed by atoms with Gasteiger partial charge in [0.25, 0.3) is 5.91 Å². The molecule has 1 aromatic heterocycles. The Morgan fingerprint density at radius 1 is 1.17 bits per heavy atom. The van der Waals surface area contributed by atoms with Gasteiger partial charge in [0.1, 0.15) is 23.1 Å². The summed E-state index contributed by atoms with van der Waals surface area (Å²) in [5.74, 6) is -3.25. The second-order valence-electron chi connectivity index (χ2n) is 6.37. The SMILES string of the molecule is O=C(O)c1scc2c1C(=O)N(c1cc(OCc3ccccc3)ccc1F)C(=O)C2. The third kappa shape index (κ3) is 3.50. The van der Waals surface area contributed by atoms with Crippen molar-refractivity contribution in [2.75, 3.05) is 4.90 Å². The molecule has 0 saturated heterocycles. The van der Waals surface area contributed by atoms with Crippen LogP contribution < -0.4 is 9.64 Å². The van der Waals surface area contributed by atoms with Gasteiger partial charge in [0.05, 0.1) is 17.7 Å². The first-order chi connectivity index (χ1) is 14.0. The van der Waals surface area contributed by atoms with Crippen LogP contribution in [0.5, 0.6) is 5.75 Å². The van der Waals surface area contributed by atoms with Crippen molar-refractivity contribution < 1.29 is 28.6 Å². The first-order valence-corrected chi connectivity index (χ1v) is 9.51. The summed E-state index contributed by atoms with van der Waals surface area (Å²) in [6.07, 6.45) is -0.181. The Morgan fingerprint density at radius 3 is 2.66 bits per heavy atom. The number of carbonyl (C=O) groups is 3. The lowest BCUT2D eigenvalue weighted by atomic mass is 10.0. The summed E-state index contributed by atoms with van der Waals surface area (Å²) in [6.45, 7) is 0.228. The van der Waals surface area contributed by atoms with Crippen LogP contribution in [0, 0.1) is 5.82 Å². The number of ether oxygens (including phenoxy) is 1. The number of halogens is 1. The summed E-state index contributed by atoms with van der Waals surface area (Å²) in [6, 6.07) is 13.1. The Labute approximate surface area is 168 Å². The van der Waals surface area contributed by atoms with E-state index in [0.29, 0.717) is 10.5 Å². The average Bonchev–Trinajstić information content (AvgIpc) is 3.13. The zero-order valence-electron chi connectivity index (χ0n) is 14.9. The van der Waals surface area contributed by atoms with E-state index in [9.17, 15) is 23.9 Å². The molecule has 0 aliphatic carbocycles. The Kier molecular flexibility index (Phi) is 4.85. The number of imide groups is 1. The zero-order chi connectivity index (χ0) is 20.5. The number of fused-ring (bicyclic) bond motifs is 1. The molecule has 2 heterocycles. The molecule has 8 heteroatoms. The number of carboxylic acid groups (broad SMARTS) is 1. The van der Waals surface area contributed by atoms with Gasteiger partial charge in [0.15, 0.2) is 0 Å². The highest BCUT2D eigenvalue weighted by Crippen LogP contribution is 2.34. The van der Waals surface area contributed by atoms with Gasteiger partial charge in [-0.2, -0.15) is 0 Å². The van der Waals surface area contributed by atoms with Crippen molar-refractivity contribution in [1.29, 1.82) is 0 Å². The number of aromatic carboxylic acids is 1. The van der Waals surface area contributed by atoms with E-state index in [-0.39, 0.29) is 34.9 Å². The second-order valence-corrected chi connectivity index (χ2v) is 7.25. The molecule has 0 unspecified atom stereocenters. The summed E-state index contributed by atoms with van der Waals surface area (Å²) in [5, 5.41) is 10.8. The van der Waals surface area contributed by atoms with E-state index in [4.69, 9.17) is 4.74 Å². The van der Waals surface area contributed by atoms with E-state index < -0.39 is 23.6 Å². The maximum atomic E-state index is 14.5. The van der Waals surface area contributed by atoms with Crippen LogP contribution in [0.4, 0.5) is 10.1 Å². The normalized spacial score (nSPS) is 13.3.